The van der Waals surface area contributed by atoms with E-state index in [0.29, 0.717) is 11.3 Å². The molecule has 3 aromatic rings. The van der Waals surface area contributed by atoms with E-state index in [2.05, 4.69) is 4.98 Å². The van der Waals surface area contributed by atoms with E-state index >= 15 is 0 Å². The number of hydrogen-bond acceptors (Lipinski definition) is 9. The Bertz CT molecular complexity index is 1340. The molecule has 2 aromatic carbocycles. The monoisotopic (exact) mass is 485 g/mol. The van der Waals surface area contributed by atoms with E-state index in [1.165, 1.54) is 18.2 Å². The minimum Gasteiger partial charge on any atom is -0.504 e. The summed E-state index contributed by atoms with van der Waals surface area (Å²) in [5.41, 5.74) is -0.190. The van der Waals surface area contributed by atoms with Crippen molar-refractivity contribution in [2.75, 3.05) is 6.29 Å². The number of halogens is 1. The lowest BCUT2D eigenvalue weighted by Gasteiger charge is -2.14. The third-order valence-electron chi connectivity index (χ3n) is 3.76. The van der Waals surface area contributed by atoms with E-state index in [9.17, 15) is 32.5 Å². The molecule has 0 fully saturated rings. The van der Waals surface area contributed by atoms with Crippen LogP contribution in [-0.4, -0.2) is 34.8 Å². The van der Waals surface area contributed by atoms with E-state index < -0.39 is 41.2 Å². The van der Waals surface area contributed by atoms with E-state index in [1.54, 1.807) is 6.07 Å². The third kappa shape index (κ3) is 5.19. The van der Waals surface area contributed by atoms with Gasteiger partial charge in [-0.05, 0) is 24.3 Å². The zero-order valence-corrected chi connectivity index (χ0v) is 17.8. The number of rotatable bonds is 7. The molecule has 1 atom stereocenters. The zero-order valence-electron chi connectivity index (χ0n) is 15.3. The van der Waals surface area contributed by atoms with Crippen LogP contribution in [0.4, 0.5) is 4.39 Å². The highest BCUT2D eigenvalue weighted by atomic mass is 32.2. The molecule has 4 N–H and O–H groups in total. The summed E-state index contributed by atoms with van der Waals surface area (Å²) in [6.45, 7) is 0. The second-order valence-electron chi connectivity index (χ2n) is 5.95. The van der Waals surface area contributed by atoms with Crippen molar-refractivity contribution in [3.05, 3.63) is 54.0 Å². The molecule has 0 radical (unpaired) electrons. The maximum Gasteiger partial charge on any atom is 0.391 e. The molecule has 0 spiro atoms. The Hall–Kier alpha value is -3.01. The number of aromatic nitrogens is 1. The molecule has 0 saturated carbocycles. The van der Waals surface area contributed by atoms with Crippen molar-refractivity contribution in [3.63, 3.8) is 0 Å². The van der Waals surface area contributed by atoms with Crippen LogP contribution in [0.5, 0.6) is 17.2 Å². The van der Waals surface area contributed by atoms with Crippen molar-refractivity contribution in [2.45, 2.75) is 4.21 Å². The van der Waals surface area contributed by atoms with Crippen LogP contribution >= 0.6 is 18.9 Å². The average Bonchev–Trinajstić information content (AvgIpc) is 3.20. The smallest absolute Gasteiger partial charge is 0.391 e. The first kappa shape index (κ1) is 22.7. The standard InChI is InChI=1S/C17H13FN3O7PS2/c18-13-6-11(5-4-10(13)7-19)28-29(24,25)9-21-31(26,27)15-8-20-17(30-15)12-2-1-3-14(22)16(12)23/h1-6,8,21-23H,9H2,(H,24,25). The summed E-state index contributed by atoms with van der Waals surface area (Å²) in [5.74, 6) is -2.21. The SMILES string of the molecule is N#Cc1ccc(OP(=O)(O)CNS(=O)(=O)c2cnc(-c3cccc(O)c3O)s2)cc1F. The van der Waals surface area contributed by atoms with E-state index in [1.807, 2.05) is 4.72 Å². The van der Waals surface area contributed by atoms with Crippen LogP contribution < -0.4 is 9.25 Å². The van der Waals surface area contributed by atoms with Crippen molar-refractivity contribution in [1.29, 1.82) is 5.26 Å². The van der Waals surface area contributed by atoms with Crippen LogP contribution in [0.15, 0.2) is 46.8 Å². The molecule has 3 rings (SSSR count). The molecular weight excluding hydrogens is 472 g/mol. The van der Waals surface area contributed by atoms with Crippen molar-refractivity contribution in [3.8, 4) is 33.9 Å². The second kappa shape index (κ2) is 8.62. The fourth-order valence-corrected chi connectivity index (χ4v) is 5.99. The molecule has 0 aliphatic carbocycles. The number of nitrogens with zero attached hydrogens (tertiary/aromatic N) is 2. The minimum absolute atomic E-state index is 0.0882. The van der Waals surface area contributed by atoms with Crippen molar-refractivity contribution < 1.29 is 37.0 Å². The average molecular weight is 485 g/mol. The van der Waals surface area contributed by atoms with Gasteiger partial charge in [0.05, 0.1) is 17.3 Å². The number of phenolic OH excluding ortho intramolecular Hbond substituents is 2. The van der Waals surface area contributed by atoms with E-state index in [0.717, 1.165) is 24.4 Å². The summed E-state index contributed by atoms with van der Waals surface area (Å²) < 4.78 is 57.0. The number of aromatic hydroxyl groups is 2. The first-order valence-corrected chi connectivity index (χ1v) is 12.3. The molecule has 1 unspecified atom stereocenters. The number of thiazole rings is 1. The normalized spacial score (nSPS) is 13.3. The summed E-state index contributed by atoms with van der Waals surface area (Å²) in [7, 11) is -8.85. The number of hydrogen-bond donors (Lipinski definition) is 4. The molecule has 0 aliphatic rings. The summed E-state index contributed by atoms with van der Waals surface area (Å²) in [6.07, 6.45) is -0.0491. The van der Waals surface area contributed by atoms with Crippen LogP contribution in [0.2, 0.25) is 0 Å². The lowest BCUT2D eigenvalue weighted by Crippen LogP contribution is -2.25. The van der Waals surface area contributed by atoms with Crippen LogP contribution in [0.1, 0.15) is 5.56 Å². The minimum atomic E-state index is -4.57. The largest absolute Gasteiger partial charge is 0.504 e. The second-order valence-corrected chi connectivity index (χ2v) is 10.7. The molecule has 162 valence electrons. The summed E-state index contributed by atoms with van der Waals surface area (Å²) in [4.78, 5) is 13.8. The van der Waals surface area contributed by atoms with Gasteiger partial charge < -0.3 is 19.6 Å². The summed E-state index contributed by atoms with van der Waals surface area (Å²) in [6, 6.07) is 8.54. The molecule has 0 amide bonds. The van der Waals surface area contributed by atoms with Gasteiger partial charge in [0, 0.05) is 6.07 Å². The van der Waals surface area contributed by atoms with E-state index in [-0.39, 0.29) is 26.1 Å². The number of phenols is 2. The maximum atomic E-state index is 13.6. The van der Waals surface area contributed by atoms with Gasteiger partial charge >= 0.3 is 7.60 Å². The van der Waals surface area contributed by atoms with Gasteiger partial charge in [0.15, 0.2) is 15.7 Å². The third-order valence-corrected chi connectivity index (χ3v) is 7.92. The fourth-order valence-electron chi connectivity index (χ4n) is 2.29. The molecule has 0 saturated heterocycles. The molecule has 10 nitrogen and oxygen atoms in total. The molecule has 0 aliphatic heterocycles. The predicted octanol–water partition coefficient (Wildman–Crippen LogP) is 2.73. The van der Waals surface area contributed by atoms with Crippen LogP contribution in [-0.2, 0) is 14.6 Å². The maximum absolute atomic E-state index is 13.6. The number of sulfonamides is 1. The highest BCUT2D eigenvalue weighted by Crippen LogP contribution is 2.42. The molecule has 31 heavy (non-hydrogen) atoms. The zero-order chi connectivity index (χ0) is 22.8. The van der Waals surface area contributed by atoms with Gasteiger partial charge in [-0.3, -0.25) is 0 Å². The van der Waals surface area contributed by atoms with Crippen LogP contribution in [0.25, 0.3) is 10.6 Å². The number of nitriles is 1. The van der Waals surface area contributed by atoms with Crippen LogP contribution in [0.3, 0.4) is 0 Å². The lowest BCUT2D eigenvalue weighted by molar-refractivity contribution is 0.377. The highest BCUT2D eigenvalue weighted by Gasteiger charge is 2.27. The molecule has 14 heteroatoms. The Morgan fingerprint density at radius 2 is 2.03 bits per heavy atom. The quantitative estimate of drug-likeness (QED) is 0.290. The lowest BCUT2D eigenvalue weighted by atomic mass is 10.2. The van der Waals surface area contributed by atoms with E-state index in [4.69, 9.17) is 9.79 Å². The topological polar surface area (TPSA) is 170 Å². The van der Waals surface area contributed by atoms with Gasteiger partial charge in [-0.2, -0.15) is 9.98 Å². The van der Waals surface area contributed by atoms with Gasteiger partial charge in [0.25, 0.3) is 10.0 Å². The van der Waals surface area contributed by atoms with Gasteiger partial charge in [-0.15, -0.1) is 11.3 Å². The van der Waals surface area contributed by atoms with Gasteiger partial charge in [0.1, 0.15) is 28.9 Å². The molecule has 0 bridgehead atoms. The molecular formula is C17H13FN3O7PS2. The summed E-state index contributed by atoms with van der Waals surface area (Å²) in [5, 5.41) is 28.2. The first-order valence-electron chi connectivity index (χ1n) is 8.20. The first-order chi connectivity index (χ1) is 14.5. The van der Waals surface area contributed by atoms with Gasteiger partial charge in [-0.1, -0.05) is 6.07 Å². The number of benzene rings is 2. The Balaban J connectivity index is 1.73. The van der Waals surface area contributed by atoms with Crippen molar-refractivity contribution in [2.24, 2.45) is 0 Å². The van der Waals surface area contributed by atoms with Crippen LogP contribution in [0, 0.1) is 17.1 Å². The Morgan fingerprint density at radius 3 is 2.71 bits per heavy atom. The Labute approximate surface area is 179 Å². The van der Waals surface area contributed by atoms with Crippen molar-refractivity contribution >= 4 is 29.0 Å². The Morgan fingerprint density at radius 1 is 1.29 bits per heavy atom. The van der Waals surface area contributed by atoms with Gasteiger partial charge in [-0.25, -0.2) is 22.4 Å². The number of para-hydroxylation sites is 1. The molecule has 1 aromatic heterocycles. The molecule has 1 heterocycles. The number of nitrogens with one attached hydrogen (secondary N) is 1. The summed E-state index contributed by atoms with van der Waals surface area (Å²) >= 11 is 0.651. The predicted molar refractivity (Wildman–Crippen MR) is 108 cm³/mol. The van der Waals surface area contributed by atoms with Gasteiger partial charge in [0.2, 0.25) is 0 Å². The van der Waals surface area contributed by atoms with Crippen molar-refractivity contribution in [1.82, 2.24) is 9.71 Å². The Kier molecular flexibility index (Phi) is 6.30. The highest BCUT2D eigenvalue weighted by molar-refractivity contribution is 7.92. The fraction of sp³-hybridized carbons (Fsp3) is 0.0588.